The van der Waals surface area contributed by atoms with Crippen LogP contribution in [0.2, 0.25) is 0 Å². The Kier molecular flexibility index (Phi) is 17.6. The summed E-state index contributed by atoms with van der Waals surface area (Å²) >= 11 is 0. The third-order valence-corrected chi connectivity index (χ3v) is 13.9. The van der Waals surface area contributed by atoms with E-state index < -0.39 is 0 Å². The van der Waals surface area contributed by atoms with Crippen molar-refractivity contribution in [3.8, 4) is 45.0 Å². The largest absolute Gasteiger partial charge is 0.215 e. The number of benzene rings is 4. The summed E-state index contributed by atoms with van der Waals surface area (Å²) in [6, 6.07) is 33.4. The maximum atomic E-state index is 2.29. The highest BCUT2D eigenvalue weighted by atomic mass is 14.9. The minimum atomic E-state index is 1.28. The Morgan fingerprint density at radius 2 is 0.652 bits per heavy atom. The Bertz CT molecular complexity index is 3120. The first kappa shape index (κ1) is 53.4. The fourth-order valence-electron chi connectivity index (χ4n) is 9.79. The first-order valence-electron chi connectivity index (χ1n) is 24.6. The molecule has 8 aromatic rings. The van der Waals surface area contributed by atoms with Crippen molar-refractivity contribution in [2.75, 3.05) is 0 Å². The first-order valence-corrected chi connectivity index (χ1v) is 24.6. The molecule has 0 bridgehead atoms. The normalized spacial score (nSPS) is 10.7. The topological polar surface area (TPSA) is 15.5 Å². The molecule has 69 heavy (non-hydrogen) atoms. The fourth-order valence-corrected chi connectivity index (χ4v) is 9.79. The van der Waals surface area contributed by atoms with E-state index in [2.05, 4.69) is 280 Å². The van der Waals surface area contributed by atoms with E-state index in [1.807, 2.05) is 0 Å². The van der Waals surface area contributed by atoms with E-state index in [1.54, 1.807) is 0 Å². The molecule has 0 aliphatic heterocycles. The summed E-state index contributed by atoms with van der Waals surface area (Å²) in [5.41, 5.74) is 33.3. The van der Waals surface area contributed by atoms with Crippen LogP contribution >= 0.6 is 0 Å². The minimum Gasteiger partial charge on any atom is -0.201 e. The van der Waals surface area contributed by atoms with Crippen molar-refractivity contribution < 1.29 is 18.3 Å². The van der Waals surface area contributed by atoms with Crippen LogP contribution in [0.4, 0.5) is 0 Å². The van der Waals surface area contributed by atoms with Gasteiger partial charge in [0.25, 0.3) is 0 Å². The molecule has 4 nitrogen and oxygen atoms in total. The van der Waals surface area contributed by atoms with Gasteiger partial charge in [0.1, 0.15) is 28.2 Å². The number of pyridine rings is 4. The van der Waals surface area contributed by atoms with Crippen molar-refractivity contribution in [2.45, 2.75) is 118 Å². The highest BCUT2D eigenvalue weighted by molar-refractivity contribution is 5.68. The second kappa shape index (κ2) is 22.7. The predicted octanol–water partition coefficient (Wildman–Crippen LogP) is 14.0. The summed E-state index contributed by atoms with van der Waals surface area (Å²) in [4.78, 5) is 0. The van der Waals surface area contributed by atoms with Gasteiger partial charge in [-0.25, -0.2) is 18.3 Å². The second-order valence-corrected chi connectivity index (χ2v) is 20.2. The zero-order valence-corrected chi connectivity index (χ0v) is 46.3. The number of nitrogens with zero attached hydrogens (tertiary/aromatic N) is 4. The van der Waals surface area contributed by atoms with Crippen LogP contribution in [0.3, 0.4) is 0 Å². The lowest BCUT2D eigenvalue weighted by molar-refractivity contribution is -0.661. The van der Waals surface area contributed by atoms with Crippen LogP contribution in [0.25, 0.3) is 45.0 Å². The van der Waals surface area contributed by atoms with Gasteiger partial charge >= 0.3 is 0 Å². The Labute approximate surface area is 417 Å². The molecule has 358 valence electrons. The first-order chi connectivity index (χ1) is 32.4. The number of aromatic nitrogens is 4. The second-order valence-electron chi connectivity index (χ2n) is 20.2. The average molecular weight is 919 g/mol. The summed E-state index contributed by atoms with van der Waals surface area (Å²) in [7, 11) is 8.48. The van der Waals surface area contributed by atoms with E-state index in [-0.39, 0.29) is 0 Å². The quantitative estimate of drug-likeness (QED) is 0.156. The van der Waals surface area contributed by atoms with Gasteiger partial charge in [0.05, 0.1) is 0 Å². The maximum absolute atomic E-state index is 2.29. The van der Waals surface area contributed by atoms with Crippen molar-refractivity contribution in [1.82, 2.24) is 0 Å². The molecule has 4 aromatic carbocycles. The zero-order chi connectivity index (χ0) is 51.2. The van der Waals surface area contributed by atoms with Crippen molar-refractivity contribution in [3.63, 3.8) is 0 Å². The van der Waals surface area contributed by atoms with E-state index >= 15 is 0 Å². The van der Waals surface area contributed by atoms with Crippen LogP contribution in [0.1, 0.15) is 94.6 Å². The number of hydrogen-bond donors (Lipinski definition) is 0. The Morgan fingerprint density at radius 3 is 1.12 bits per heavy atom. The maximum Gasteiger partial charge on any atom is 0.215 e. The lowest BCUT2D eigenvalue weighted by atomic mass is 9.95. The third kappa shape index (κ3) is 13.0. The average Bonchev–Trinajstić information content (AvgIpc) is 3.24. The summed E-state index contributed by atoms with van der Waals surface area (Å²) in [6.07, 6.45) is 8.78. The number of aryl methyl sites for hydroxylation is 19. The molecule has 0 amide bonds. The molecule has 0 unspecified atom stereocenters. The molecule has 4 heteroatoms. The van der Waals surface area contributed by atoms with Crippen LogP contribution in [0, 0.1) is 118 Å². The smallest absolute Gasteiger partial charge is 0.201 e. The van der Waals surface area contributed by atoms with Crippen LogP contribution < -0.4 is 18.3 Å². The summed E-state index contributed by atoms with van der Waals surface area (Å²) in [5.74, 6) is 0. The van der Waals surface area contributed by atoms with Gasteiger partial charge in [-0.1, -0.05) is 59.2 Å². The molecule has 0 atom stereocenters. The number of hydrogen-bond acceptors (Lipinski definition) is 0. The molecule has 0 radical (unpaired) electrons. The molecule has 0 saturated carbocycles. The molecule has 0 N–H and O–H groups in total. The molecular weight excluding hydrogens is 837 g/mol. The van der Waals surface area contributed by atoms with Crippen molar-refractivity contribution in [1.29, 1.82) is 0 Å². The van der Waals surface area contributed by atoms with Gasteiger partial charge in [-0.05, 0) is 199 Å². The van der Waals surface area contributed by atoms with E-state index in [0.29, 0.717) is 0 Å². The summed E-state index contributed by atoms with van der Waals surface area (Å²) < 4.78 is 8.89. The van der Waals surface area contributed by atoms with Crippen LogP contribution in [-0.4, -0.2) is 0 Å². The van der Waals surface area contributed by atoms with Gasteiger partial charge in [-0.2, -0.15) is 0 Å². The van der Waals surface area contributed by atoms with Gasteiger partial charge < -0.3 is 0 Å². The lowest BCUT2D eigenvalue weighted by Gasteiger charge is -2.11. The molecule has 0 spiro atoms. The fraction of sp³-hybridized carbons (Fsp3) is 0.323. The van der Waals surface area contributed by atoms with Crippen LogP contribution in [0.5, 0.6) is 0 Å². The monoisotopic (exact) mass is 919 g/mol. The lowest BCUT2D eigenvalue weighted by Crippen LogP contribution is -2.32. The Balaban J connectivity index is 0.000000172. The SMILES string of the molecule is Cc1cc(-c2cccc(C)c2C)[n+](C)cc1C.Cc1cc(C)c(C)c(-c2c(C)cc(C)c[n+]2C)c1.Cc1ccc(-c2c(C)cc(C)c[n+]2C)c(C)c1.Cc1ccc(-c2cc(C)c(C)c[n+]2C)c(C)c1. The van der Waals surface area contributed by atoms with E-state index in [1.165, 1.54) is 140 Å². The van der Waals surface area contributed by atoms with Crippen LogP contribution in [-0.2, 0) is 28.2 Å². The molecule has 8 rings (SSSR count). The van der Waals surface area contributed by atoms with Crippen molar-refractivity contribution in [2.24, 2.45) is 28.2 Å². The molecular formula is C65H82N4+4. The van der Waals surface area contributed by atoms with Gasteiger partial charge in [-0.15, -0.1) is 0 Å². The minimum absolute atomic E-state index is 1.28. The van der Waals surface area contributed by atoms with E-state index in [0.717, 1.165) is 0 Å². The molecule has 0 fully saturated rings. The molecule has 0 aliphatic carbocycles. The van der Waals surface area contributed by atoms with Gasteiger partial charge in [0.15, 0.2) is 24.8 Å². The Morgan fingerprint density at radius 1 is 0.246 bits per heavy atom. The summed E-state index contributed by atoms with van der Waals surface area (Å²) in [6.45, 7) is 36.9. The molecule has 4 aromatic heterocycles. The van der Waals surface area contributed by atoms with Crippen molar-refractivity contribution >= 4 is 0 Å². The highest BCUT2D eigenvalue weighted by Gasteiger charge is 2.20. The zero-order valence-electron chi connectivity index (χ0n) is 46.3. The van der Waals surface area contributed by atoms with Gasteiger partial charge in [0.2, 0.25) is 22.8 Å². The molecule has 4 heterocycles. The van der Waals surface area contributed by atoms with Gasteiger partial charge in [-0.3, -0.25) is 0 Å². The third-order valence-electron chi connectivity index (χ3n) is 13.9. The highest BCUT2D eigenvalue weighted by Crippen LogP contribution is 2.29. The van der Waals surface area contributed by atoms with Crippen molar-refractivity contribution in [3.05, 3.63) is 210 Å². The summed E-state index contributed by atoms with van der Waals surface area (Å²) in [5, 5.41) is 0. The molecule has 0 saturated heterocycles. The van der Waals surface area contributed by atoms with E-state index in [9.17, 15) is 0 Å². The predicted molar refractivity (Wildman–Crippen MR) is 293 cm³/mol. The molecule has 0 aliphatic rings. The van der Waals surface area contributed by atoms with E-state index in [4.69, 9.17) is 0 Å². The standard InChI is InChI=1S/C17H22N.3C16H20N/c1-11-7-13(3)15(5)16(9-11)17-14(4)8-12(2)10-18(17)6;1-11-6-7-15(13(3)8-11)16-9-12(2)14(4)10-17(16)5;1-11-6-7-15(13(3)8-11)16-14(4)9-12(2)10-17(16)5;1-11-7-6-8-15(14(11)4)16-9-12(2)13(3)10-17(16)5/h7-10H,1-6H3;3*6-10H,1-5H3/q4*+1. The Hall–Kier alpha value is -6.52. The van der Waals surface area contributed by atoms with Gasteiger partial charge in [0, 0.05) is 67.8 Å². The number of rotatable bonds is 4. The van der Waals surface area contributed by atoms with Crippen LogP contribution in [0.15, 0.2) is 116 Å².